The van der Waals surface area contributed by atoms with Gasteiger partial charge in [-0.05, 0) is 44.7 Å². The minimum Gasteiger partial charge on any atom is -0.487 e. The molecule has 0 saturated heterocycles. The van der Waals surface area contributed by atoms with E-state index in [0.717, 1.165) is 18.7 Å². The van der Waals surface area contributed by atoms with Gasteiger partial charge < -0.3 is 10.1 Å². The van der Waals surface area contributed by atoms with Gasteiger partial charge in [0.05, 0.1) is 0 Å². The molecule has 1 aromatic rings. The Labute approximate surface area is 116 Å². The average molecular weight is 259 g/mol. The monoisotopic (exact) mass is 259 g/mol. The number of hydrogen-bond acceptors (Lipinski definition) is 2. The Morgan fingerprint density at radius 2 is 2.26 bits per heavy atom. The largest absolute Gasteiger partial charge is 0.487 e. The molecule has 2 heteroatoms. The van der Waals surface area contributed by atoms with E-state index in [4.69, 9.17) is 4.74 Å². The van der Waals surface area contributed by atoms with Crippen LogP contribution >= 0.6 is 0 Å². The van der Waals surface area contributed by atoms with Crippen LogP contribution in [0.3, 0.4) is 0 Å². The maximum absolute atomic E-state index is 6.48. The van der Waals surface area contributed by atoms with Crippen molar-refractivity contribution in [1.82, 2.24) is 5.32 Å². The van der Waals surface area contributed by atoms with Crippen LogP contribution in [0.25, 0.3) is 0 Å². The Bertz CT molecular complexity index is 470. The number of nitrogens with one attached hydrogen (secondary N) is 1. The number of ether oxygens (including phenoxy) is 1. The first kappa shape index (κ1) is 13.0. The van der Waals surface area contributed by atoms with Gasteiger partial charge in [-0.2, -0.15) is 0 Å². The molecule has 0 bridgehead atoms. The molecule has 19 heavy (non-hydrogen) atoms. The summed E-state index contributed by atoms with van der Waals surface area (Å²) in [7, 11) is 0. The van der Waals surface area contributed by atoms with Crippen molar-refractivity contribution in [1.29, 1.82) is 0 Å². The van der Waals surface area contributed by atoms with Gasteiger partial charge in [-0.3, -0.25) is 0 Å². The lowest BCUT2D eigenvalue weighted by Gasteiger charge is -2.43. The Hall–Kier alpha value is -1.02. The Morgan fingerprint density at radius 1 is 1.42 bits per heavy atom. The molecule has 0 radical (unpaired) electrons. The zero-order chi connectivity index (χ0) is 13.5. The molecule has 3 unspecified atom stereocenters. The van der Waals surface area contributed by atoms with Crippen molar-refractivity contribution in [3.8, 4) is 5.75 Å². The Balaban J connectivity index is 1.99. The van der Waals surface area contributed by atoms with Crippen LogP contribution in [0.1, 0.15) is 56.7 Å². The van der Waals surface area contributed by atoms with Gasteiger partial charge in [0.2, 0.25) is 0 Å². The zero-order valence-corrected chi connectivity index (χ0v) is 12.3. The molecule has 2 nitrogen and oxygen atoms in total. The molecule has 1 aliphatic carbocycles. The SMILES string of the molecule is CCNC1CC2(CCCC2C)Oc2ccc(C)cc21. The molecule has 0 amide bonds. The third kappa shape index (κ3) is 2.16. The highest BCUT2D eigenvalue weighted by atomic mass is 16.5. The second-order valence-electron chi connectivity index (χ2n) is 6.32. The van der Waals surface area contributed by atoms with Crippen LogP contribution in [0.5, 0.6) is 5.75 Å². The fourth-order valence-electron chi connectivity index (χ4n) is 3.85. The molecule has 1 aromatic carbocycles. The number of aryl methyl sites for hydroxylation is 1. The van der Waals surface area contributed by atoms with Crippen LogP contribution in [0.2, 0.25) is 0 Å². The number of benzene rings is 1. The van der Waals surface area contributed by atoms with E-state index in [9.17, 15) is 0 Å². The van der Waals surface area contributed by atoms with Gasteiger partial charge in [0, 0.05) is 18.0 Å². The van der Waals surface area contributed by atoms with E-state index < -0.39 is 0 Å². The first-order valence-corrected chi connectivity index (χ1v) is 7.67. The molecule has 0 aromatic heterocycles. The summed E-state index contributed by atoms with van der Waals surface area (Å²) in [5.74, 6) is 1.78. The maximum Gasteiger partial charge on any atom is 0.124 e. The van der Waals surface area contributed by atoms with Crippen molar-refractivity contribution >= 4 is 0 Å². The number of fused-ring (bicyclic) bond motifs is 1. The van der Waals surface area contributed by atoms with Crippen LogP contribution in [0, 0.1) is 12.8 Å². The summed E-state index contributed by atoms with van der Waals surface area (Å²) >= 11 is 0. The smallest absolute Gasteiger partial charge is 0.124 e. The summed E-state index contributed by atoms with van der Waals surface area (Å²) in [6, 6.07) is 7.07. The van der Waals surface area contributed by atoms with E-state index in [1.807, 2.05) is 0 Å². The first-order valence-electron chi connectivity index (χ1n) is 7.67. The van der Waals surface area contributed by atoms with Crippen molar-refractivity contribution in [2.75, 3.05) is 6.54 Å². The highest BCUT2D eigenvalue weighted by Gasteiger charge is 2.47. The molecule has 1 N–H and O–H groups in total. The second kappa shape index (κ2) is 4.82. The first-order chi connectivity index (χ1) is 9.14. The van der Waals surface area contributed by atoms with E-state index >= 15 is 0 Å². The lowest BCUT2D eigenvalue weighted by Crippen LogP contribution is -2.46. The van der Waals surface area contributed by atoms with Gasteiger partial charge in [0.1, 0.15) is 11.4 Å². The normalized spacial score (nSPS) is 33.2. The molecule has 3 rings (SSSR count). The van der Waals surface area contributed by atoms with Crippen molar-refractivity contribution in [3.63, 3.8) is 0 Å². The van der Waals surface area contributed by atoms with Crippen LogP contribution in [-0.4, -0.2) is 12.1 Å². The number of rotatable bonds is 2. The van der Waals surface area contributed by atoms with Crippen LogP contribution in [0.15, 0.2) is 18.2 Å². The summed E-state index contributed by atoms with van der Waals surface area (Å²) in [4.78, 5) is 0. The highest BCUT2D eigenvalue weighted by Crippen LogP contribution is 2.49. The minimum absolute atomic E-state index is 0.0785. The Morgan fingerprint density at radius 3 is 2.95 bits per heavy atom. The van der Waals surface area contributed by atoms with Crippen molar-refractivity contribution in [2.24, 2.45) is 5.92 Å². The van der Waals surface area contributed by atoms with Gasteiger partial charge >= 0.3 is 0 Å². The molecular formula is C17H25NO. The third-order valence-electron chi connectivity index (χ3n) is 4.99. The average Bonchev–Trinajstić information content (AvgIpc) is 2.72. The summed E-state index contributed by atoms with van der Waals surface area (Å²) < 4.78 is 6.48. The third-order valence-corrected chi connectivity index (χ3v) is 4.99. The van der Waals surface area contributed by atoms with E-state index in [2.05, 4.69) is 44.3 Å². The zero-order valence-electron chi connectivity index (χ0n) is 12.3. The minimum atomic E-state index is 0.0785. The molecule has 1 saturated carbocycles. The fraction of sp³-hybridized carbons (Fsp3) is 0.647. The fourth-order valence-corrected chi connectivity index (χ4v) is 3.85. The molecular weight excluding hydrogens is 234 g/mol. The Kier molecular flexibility index (Phi) is 3.30. The molecule has 104 valence electrons. The standard InChI is InChI=1S/C17H25NO/c1-4-18-15-11-17(9-5-6-13(17)3)19-16-8-7-12(2)10-14(15)16/h7-8,10,13,15,18H,4-6,9,11H2,1-3H3. The van der Waals surface area contributed by atoms with Gasteiger partial charge in [0.25, 0.3) is 0 Å². The van der Waals surface area contributed by atoms with E-state index in [-0.39, 0.29) is 5.60 Å². The predicted molar refractivity (Wildman–Crippen MR) is 78.6 cm³/mol. The molecule has 2 aliphatic rings. The van der Waals surface area contributed by atoms with Crippen molar-refractivity contribution in [2.45, 2.75) is 58.1 Å². The van der Waals surface area contributed by atoms with E-state index in [1.165, 1.54) is 30.4 Å². The van der Waals surface area contributed by atoms with Crippen LogP contribution < -0.4 is 10.1 Å². The summed E-state index contributed by atoms with van der Waals surface area (Å²) in [6.07, 6.45) is 4.95. The summed E-state index contributed by atoms with van der Waals surface area (Å²) in [6.45, 7) is 7.72. The lowest BCUT2D eigenvalue weighted by atomic mass is 9.80. The van der Waals surface area contributed by atoms with Crippen LogP contribution in [0.4, 0.5) is 0 Å². The van der Waals surface area contributed by atoms with Gasteiger partial charge in [0.15, 0.2) is 0 Å². The summed E-state index contributed by atoms with van der Waals surface area (Å²) in [5.41, 5.74) is 2.75. The van der Waals surface area contributed by atoms with Crippen LogP contribution in [-0.2, 0) is 0 Å². The van der Waals surface area contributed by atoms with Gasteiger partial charge in [-0.25, -0.2) is 0 Å². The highest BCUT2D eigenvalue weighted by molar-refractivity contribution is 5.42. The van der Waals surface area contributed by atoms with Gasteiger partial charge in [-0.15, -0.1) is 0 Å². The molecule has 3 atom stereocenters. The molecule has 1 aliphatic heterocycles. The predicted octanol–water partition coefficient (Wildman–Crippen LogP) is 3.99. The molecule has 1 heterocycles. The van der Waals surface area contributed by atoms with Crippen molar-refractivity contribution in [3.05, 3.63) is 29.3 Å². The quantitative estimate of drug-likeness (QED) is 0.867. The van der Waals surface area contributed by atoms with Crippen molar-refractivity contribution < 1.29 is 4.74 Å². The molecule has 1 spiro atoms. The van der Waals surface area contributed by atoms with E-state index in [1.54, 1.807) is 0 Å². The van der Waals surface area contributed by atoms with Gasteiger partial charge in [-0.1, -0.05) is 31.5 Å². The number of hydrogen-bond donors (Lipinski definition) is 1. The lowest BCUT2D eigenvalue weighted by molar-refractivity contribution is 0.00202. The molecule has 1 fully saturated rings. The van der Waals surface area contributed by atoms with E-state index in [0.29, 0.717) is 12.0 Å². The maximum atomic E-state index is 6.48. The second-order valence-corrected chi connectivity index (χ2v) is 6.32. The topological polar surface area (TPSA) is 21.3 Å². The summed E-state index contributed by atoms with van der Waals surface area (Å²) in [5, 5.41) is 3.66.